The van der Waals surface area contributed by atoms with Crippen molar-refractivity contribution in [1.82, 2.24) is 5.32 Å². The van der Waals surface area contributed by atoms with Crippen LogP contribution in [0, 0.1) is 5.92 Å². The van der Waals surface area contributed by atoms with Gasteiger partial charge >= 0.3 is 0 Å². The molecule has 1 aliphatic carbocycles. The lowest BCUT2D eigenvalue weighted by molar-refractivity contribution is 0.245. The van der Waals surface area contributed by atoms with Crippen molar-refractivity contribution in [3.05, 3.63) is 29.3 Å². The Morgan fingerprint density at radius 2 is 1.85 bits per heavy atom. The molecule has 1 saturated heterocycles. The fraction of sp³-hybridized carbons (Fsp3) is 0.647. The van der Waals surface area contributed by atoms with E-state index in [1.54, 1.807) is 0 Å². The van der Waals surface area contributed by atoms with Crippen LogP contribution in [0.25, 0.3) is 0 Å². The first-order valence-corrected chi connectivity index (χ1v) is 8.25. The van der Waals surface area contributed by atoms with Gasteiger partial charge in [-0.3, -0.25) is 0 Å². The fourth-order valence-corrected chi connectivity index (χ4v) is 3.95. The maximum absolute atomic E-state index is 6.04. The SMILES string of the molecule is CC(C)C1CNC2(CCCC2)CN1c1ccc(Cl)cc1. The molecule has 1 atom stereocenters. The molecule has 2 nitrogen and oxygen atoms in total. The third-order valence-corrected chi connectivity index (χ3v) is 5.30. The molecule has 1 unspecified atom stereocenters. The van der Waals surface area contributed by atoms with Gasteiger partial charge in [0.2, 0.25) is 0 Å². The Kier molecular flexibility index (Phi) is 3.96. The number of hydrogen-bond acceptors (Lipinski definition) is 2. The molecule has 0 aromatic heterocycles. The molecule has 3 rings (SSSR count). The van der Waals surface area contributed by atoms with Crippen molar-refractivity contribution >= 4 is 17.3 Å². The minimum atomic E-state index is 0.352. The first kappa shape index (κ1) is 14.2. The van der Waals surface area contributed by atoms with Crippen LogP contribution in [-0.2, 0) is 0 Å². The highest BCUT2D eigenvalue weighted by Crippen LogP contribution is 2.36. The zero-order valence-electron chi connectivity index (χ0n) is 12.5. The summed E-state index contributed by atoms with van der Waals surface area (Å²) in [6, 6.07) is 8.94. The van der Waals surface area contributed by atoms with Gasteiger partial charge < -0.3 is 10.2 Å². The molecule has 1 aromatic rings. The largest absolute Gasteiger partial charge is 0.365 e. The highest BCUT2D eigenvalue weighted by Gasteiger charge is 2.41. The third kappa shape index (κ3) is 2.68. The van der Waals surface area contributed by atoms with E-state index in [0.717, 1.165) is 18.1 Å². The third-order valence-electron chi connectivity index (χ3n) is 5.05. The number of rotatable bonds is 2. The lowest BCUT2D eigenvalue weighted by Crippen LogP contribution is -2.64. The Morgan fingerprint density at radius 1 is 1.20 bits per heavy atom. The van der Waals surface area contributed by atoms with E-state index >= 15 is 0 Å². The summed E-state index contributed by atoms with van der Waals surface area (Å²) in [7, 11) is 0. The lowest BCUT2D eigenvalue weighted by atomic mass is 9.88. The number of hydrogen-bond donors (Lipinski definition) is 1. The normalized spacial score (nSPS) is 25.6. The molecular weight excluding hydrogens is 268 g/mol. The van der Waals surface area contributed by atoms with Gasteiger partial charge in [0.1, 0.15) is 0 Å². The lowest BCUT2D eigenvalue weighted by Gasteiger charge is -2.49. The molecule has 1 aromatic carbocycles. The van der Waals surface area contributed by atoms with E-state index in [0.29, 0.717) is 17.5 Å². The van der Waals surface area contributed by atoms with E-state index in [1.165, 1.54) is 31.4 Å². The molecule has 1 aliphatic heterocycles. The van der Waals surface area contributed by atoms with Crippen molar-refractivity contribution in [1.29, 1.82) is 0 Å². The molecule has 2 aliphatic rings. The monoisotopic (exact) mass is 292 g/mol. The minimum absolute atomic E-state index is 0.352. The van der Waals surface area contributed by atoms with E-state index in [1.807, 2.05) is 12.1 Å². The second-order valence-electron chi connectivity index (χ2n) is 6.78. The Morgan fingerprint density at radius 3 is 2.45 bits per heavy atom. The van der Waals surface area contributed by atoms with E-state index < -0.39 is 0 Å². The smallest absolute Gasteiger partial charge is 0.0438 e. The summed E-state index contributed by atoms with van der Waals surface area (Å²) in [6.07, 6.45) is 5.38. The van der Waals surface area contributed by atoms with E-state index in [9.17, 15) is 0 Å². The predicted octanol–water partition coefficient (Wildman–Crippen LogP) is 4.09. The first-order chi connectivity index (χ1) is 9.60. The number of halogens is 1. The summed E-state index contributed by atoms with van der Waals surface area (Å²) in [5.41, 5.74) is 1.67. The average molecular weight is 293 g/mol. The van der Waals surface area contributed by atoms with Crippen molar-refractivity contribution in [2.75, 3.05) is 18.0 Å². The van der Waals surface area contributed by atoms with E-state index in [4.69, 9.17) is 11.6 Å². The van der Waals surface area contributed by atoms with Crippen LogP contribution in [0.2, 0.25) is 5.02 Å². The molecule has 20 heavy (non-hydrogen) atoms. The number of anilines is 1. The Bertz CT molecular complexity index is 449. The van der Waals surface area contributed by atoms with Crippen molar-refractivity contribution < 1.29 is 0 Å². The van der Waals surface area contributed by atoms with Gasteiger partial charge in [-0.1, -0.05) is 38.3 Å². The van der Waals surface area contributed by atoms with Gasteiger partial charge in [-0.15, -0.1) is 0 Å². The average Bonchev–Trinajstić information content (AvgIpc) is 2.87. The maximum atomic E-state index is 6.04. The number of benzene rings is 1. The summed E-state index contributed by atoms with van der Waals surface area (Å²) in [5.74, 6) is 0.650. The van der Waals surface area contributed by atoms with Crippen molar-refractivity contribution in [2.24, 2.45) is 5.92 Å². The van der Waals surface area contributed by atoms with Gasteiger partial charge in [0.05, 0.1) is 0 Å². The molecule has 2 fully saturated rings. The Labute approximate surface area is 127 Å². The summed E-state index contributed by atoms with van der Waals surface area (Å²) in [4.78, 5) is 2.61. The molecule has 1 heterocycles. The van der Waals surface area contributed by atoms with Gasteiger partial charge in [-0.2, -0.15) is 0 Å². The van der Waals surface area contributed by atoms with Crippen LogP contribution in [0.1, 0.15) is 39.5 Å². The Balaban J connectivity index is 1.87. The highest BCUT2D eigenvalue weighted by atomic mass is 35.5. The van der Waals surface area contributed by atoms with Crippen LogP contribution in [0.4, 0.5) is 5.69 Å². The molecule has 0 bridgehead atoms. The summed E-state index contributed by atoms with van der Waals surface area (Å²) < 4.78 is 0. The minimum Gasteiger partial charge on any atom is -0.365 e. The maximum Gasteiger partial charge on any atom is 0.0438 e. The van der Waals surface area contributed by atoms with Gasteiger partial charge in [0.15, 0.2) is 0 Å². The van der Waals surface area contributed by atoms with Crippen LogP contribution in [0.3, 0.4) is 0 Å². The molecule has 1 spiro atoms. The Hall–Kier alpha value is -0.730. The topological polar surface area (TPSA) is 15.3 Å². The summed E-state index contributed by atoms with van der Waals surface area (Å²) in [5, 5.41) is 4.69. The van der Waals surface area contributed by atoms with E-state index in [2.05, 4.69) is 36.2 Å². The van der Waals surface area contributed by atoms with Gasteiger partial charge in [0, 0.05) is 35.4 Å². The van der Waals surface area contributed by atoms with Crippen LogP contribution in [0.5, 0.6) is 0 Å². The fourth-order valence-electron chi connectivity index (χ4n) is 3.83. The number of nitrogens with zero attached hydrogens (tertiary/aromatic N) is 1. The van der Waals surface area contributed by atoms with E-state index in [-0.39, 0.29) is 0 Å². The van der Waals surface area contributed by atoms with Crippen molar-refractivity contribution in [2.45, 2.75) is 51.1 Å². The summed E-state index contributed by atoms with van der Waals surface area (Å²) in [6.45, 7) is 6.88. The van der Waals surface area contributed by atoms with Gasteiger partial charge in [-0.05, 0) is 43.0 Å². The van der Waals surface area contributed by atoms with Crippen LogP contribution >= 0.6 is 11.6 Å². The molecule has 1 N–H and O–H groups in total. The first-order valence-electron chi connectivity index (χ1n) is 7.87. The molecule has 110 valence electrons. The summed E-state index contributed by atoms with van der Waals surface area (Å²) >= 11 is 6.04. The van der Waals surface area contributed by atoms with Crippen LogP contribution < -0.4 is 10.2 Å². The molecule has 0 amide bonds. The highest BCUT2D eigenvalue weighted by molar-refractivity contribution is 6.30. The molecule has 1 saturated carbocycles. The second-order valence-corrected chi connectivity index (χ2v) is 7.22. The van der Waals surface area contributed by atoms with Crippen molar-refractivity contribution in [3.63, 3.8) is 0 Å². The van der Waals surface area contributed by atoms with Gasteiger partial charge in [0.25, 0.3) is 0 Å². The number of piperazine rings is 1. The van der Waals surface area contributed by atoms with Gasteiger partial charge in [-0.25, -0.2) is 0 Å². The zero-order chi connectivity index (χ0) is 14.2. The molecule has 0 radical (unpaired) electrons. The standard InChI is InChI=1S/C17H25ClN2/c1-13(2)16-11-19-17(9-3-4-10-17)12-20(16)15-7-5-14(18)6-8-15/h5-8,13,16,19H,3-4,9-12H2,1-2H3. The number of nitrogens with one attached hydrogen (secondary N) is 1. The molecule has 3 heteroatoms. The predicted molar refractivity (Wildman–Crippen MR) is 86.6 cm³/mol. The van der Waals surface area contributed by atoms with Crippen molar-refractivity contribution in [3.8, 4) is 0 Å². The zero-order valence-corrected chi connectivity index (χ0v) is 13.3. The van der Waals surface area contributed by atoms with Crippen LogP contribution in [-0.4, -0.2) is 24.7 Å². The van der Waals surface area contributed by atoms with Crippen LogP contribution in [0.15, 0.2) is 24.3 Å². The molecular formula is C17H25ClN2. The quantitative estimate of drug-likeness (QED) is 0.883. The second kappa shape index (κ2) is 5.57.